The van der Waals surface area contributed by atoms with E-state index in [1.54, 1.807) is 7.11 Å². The lowest BCUT2D eigenvalue weighted by Gasteiger charge is -2.13. The predicted octanol–water partition coefficient (Wildman–Crippen LogP) is 2.76. The molecule has 2 nitrogen and oxygen atoms in total. The van der Waals surface area contributed by atoms with Crippen LogP contribution in [0.15, 0.2) is 24.3 Å². The standard InChI is InChI=1S/C12H19NO/c1-4-9-13-10(2)11-5-7-12(14-3)8-6-11/h5-8,10,13H,4,9H2,1-3H3. The number of rotatable bonds is 5. The van der Waals surface area contributed by atoms with Gasteiger partial charge in [0.05, 0.1) is 7.11 Å². The van der Waals surface area contributed by atoms with E-state index in [4.69, 9.17) is 4.74 Å². The predicted molar refractivity (Wildman–Crippen MR) is 59.7 cm³/mol. The molecule has 1 N–H and O–H groups in total. The molecule has 1 aromatic carbocycles. The van der Waals surface area contributed by atoms with Gasteiger partial charge in [-0.15, -0.1) is 0 Å². The molecule has 0 saturated carbocycles. The molecule has 0 saturated heterocycles. The maximum absolute atomic E-state index is 5.11. The Labute approximate surface area is 86.3 Å². The third-order valence-electron chi connectivity index (χ3n) is 2.32. The minimum atomic E-state index is 0.417. The molecule has 0 fully saturated rings. The Morgan fingerprint density at radius 1 is 1.29 bits per heavy atom. The Morgan fingerprint density at radius 3 is 2.43 bits per heavy atom. The Morgan fingerprint density at radius 2 is 1.93 bits per heavy atom. The number of nitrogens with one attached hydrogen (secondary N) is 1. The van der Waals surface area contributed by atoms with Gasteiger partial charge in [0.2, 0.25) is 0 Å². The first kappa shape index (κ1) is 11.1. The van der Waals surface area contributed by atoms with Gasteiger partial charge in [0.1, 0.15) is 5.75 Å². The van der Waals surface area contributed by atoms with Crippen molar-refractivity contribution in [1.29, 1.82) is 0 Å². The van der Waals surface area contributed by atoms with Crippen molar-refractivity contribution in [2.75, 3.05) is 13.7 Å². The Hall–Kier alpha value is -1.02. The number of hydrogen-bond acceptors (Lipinski definition) is 2. The van der Waals surface area contributed by atoms with Crippen LogP contribution in [-0.2, 0) is 0 Å². The fourth-order valence-corrected chi connectivity index (χ4v) is 1.37. The molecule has 0 spiro atoms. The molecule has 78 valence electrons. The summed E-state index contributed by atoms with van der Waals surface area (Å²) in [6.07, 6.45) is 1.17. The molecule has 0 aromatic heterocycles. The second-order valence-electron chi connectivity index (χ2n) is 3.45. The molecular weight excluding hydrogens is 174 g/mol. The van der Waals surface area contributed by atoms with E-state index >= 15 is 0 Å². The summed E-state index contributed by atoms with van der Waals surface area (Å²) in [4.78, 5) is 0. The molecule has 0 amide bonds. The Balaban J connectivity index is 2.57. The van der Waals surface area contributed by atoms with Gasteiger partial charge in [-0.25, -0.2) is 0 Å². The van der Waals surface area contributed by atoms with E-state index in [1.165, 1.54) is 12.0 Å². The van der Waals surface area contributed by atoms with E-state index in [1.807, 2.05) is 12.1 Å². The van der Waals surface area contributed by atoms with Gasteiger partial charge >= 0.3 is 0 Å². The molecule has 1 aromatic rings. The zero-order valence-corrected chi connectivity index (χ0v) is 9.21. The Bertz CT molecular complexity index is 256. The van der Waals surface area contributed by atoms with E-state index in [0.29, 0.717) is 6.04 Å². The second kappa shape index (κ2) is 5.66. The topological polar surface area (TPSA) is 21.3 Å². The zero-order valence-electron chi connectivity index (χ0n) is 9.21. The van der Waals surface area contributed by atoms with Gasteiger partial charge in [0.25, 0.3) is 0 Å². The fourth-order valence-electron chi connectivity index (χ4n) is 1.37. The van der Waals surface area contributed by atoms with E-state index < -0.39 is 0 Å². The van der Waals surface area contributed by atoms with E-state index in [0.717, 1.165) is 12.3 Å². The number of hydrogen-bond donors (Lipinski definition) is 1. The lowest BCUT2D eigenvalue weighted by molar-refractivity contribution is 0.414. The van der Waals surface area contributed by atoms with Crippen LogP contribution in [0.4, 0.5) is 0 Å². The van der Waals surface area contributed by atoms with Gasteiger partial charge in [-0.1, -0.05) is 19.1 Å². The number of ether oxygens (including phenoxy) is 1. The minimum Gasteiger partial charge on any atom is -0.497 e. The summed E-state index contributed by atoms with van der Waals surface area (Å²) in [7, 11) is 1.69. The van der Waals surface area contributed by atoms with Crippen molar-refractivity contribution in [2.24, 2.45) is 0 Å². The van der Waals surface area contributed by atoms with Crippen LogP contribution in [0.2, 0.25) is 0 Å². The zero-order chi connectivity index (χ0) is 10.4. The first-order valence-corrected chi connectivity index (χ1v) is 5.15. The van der Waals surface area contributed by atoms with Crippen molar-refractivity contribution in [3.63, 3.8) is 0 Å². The van der Waals surface area contributed by atoms with Crippen LogP contribution in [0.25, 0.3) is 0 Å². The maximum Gasteiger partial charge on any atom is 0.118 e. The molecule has 0 radical (unpaired) electrons. The smallest absolute Gasteiger partial charge is 0.118 e. The highest BCUT2D eigenvalue weighted by atomic mass is 16.5. The highest BCUT2D eigenvalue weighted by molar-refractivity contribution is 5.28. The largest absolute Gasteiger partial charge is 0.497 e. The summed E-state index contributed by atoms with van der Waals surface area (Å²) in [6, 6.07) is 8.62. The van der Waals surface area contributed by atoms with Gasteiger partial charge in [-0.3, -0.25) is 0 Å². The molecule has 14 heavy (non-hydrogen) atoms. The van der Waals surface area contributed by atoms with Gasteiger partial charge in [-0.05, 0) is 37.6 Å². The Kier molecular flexibility index (Phi) is 4.47. The molecule has 1 rings (SSSR count). The molecule has 0 aliphatic carbocycles. The summed E-state index contributed by atoms with van der Waals surface area (Å²) in [5, 5.41) is 3.45. The van der Waals surface area contributed by atoms with Crippen LogP contribution >= 0.6 is 0 Å². The van der Waals surface area contributed by atoms with Crippen molar-refractivity contribution in [2.45, 2.75) is 26.3 Å². The molecule has 2 heteroatoms. The highest BCUT2D eigenvalue weighted by Gasteiger charge is 2.03. The minimum absolute atomic E-state index is 0.417. The average Bonchev–Trinajstić information content (AvgIpc) is 2.26. The van der Waals surface area contributed by atoms with Crippen molar-refractivity contribution in [1.82, 2.24) is 5.32 Å². The SMILES string of the molecule is CCCNC(C)c1ccc(OC)cc1. The second-order valence-corrected chi connectivity index (χ2v) is 3.45. The van der Waals surface area contributed by atoms with E-state index in [-0.39, 0.29) is 0 Å². The molecule has 0 aliphatic rings. The van der Waals surface area contributed by atoms with Crippen LogP contribution < -0.4 is 10.1 Å². The van der Waals surface area contributed by atoms with Crippen LogP contribution in [0.1, 0.15) is 31.9 Å². The number of methoxy groups -OCH3 is 1. The van der Waals surface area contributed by atoms with Crippen LogP contribution in [0.5, 0.6) is 5.75 Å². The van der Waals surface area contributed by atoms with Crippen molar-refractivity contribution in [3.05, 3.63) is 29.8 Å². The van der Waals surface area contributed by atoms with E-state index in [2.05, 4.69) is 31.3 Å². The lowest BCUT2D eigenvalue weighted by Crippen LogP contribution is -2.19. The summed E-state index contributed by atoms with van der Waals surface area (Å²) in [6.45, 7) is 5.42. The van der Waals surface area contributed by atoms with Crippen LogP contribution in [0.3, 0.4) is 0 Å². The first-order valence-electron chi connectivity index (χ1n) is 5.15. The van der Waals surface area contributed by atoms with Gasteiger partial charge in [0, 0.05) is 6.04 Å². The third kappa shape index (κ3) is 3.04. The molecule has 0 bridgehead atoms. The van der Waals surface area contributed by atoms with Crippen molar-refractivity contribution in [3.8, 4) is 5.75 Å². The molecule has 0 aliphatic heterocycles. The number of benzene rings is 1. The molecule has 1 unspecified atom stereocenters. The van der Waals surface area contributed by atoms with Crippen LogP contribution in [0, 0.1) is 0 Å². The van der Waals surface area contributed by atoms with Crippen molar-refractivity contribution < 1.29 is 4.74 Å². The lowest BCUT2D eigenvalue weighted by atomic mass is 10.1. The first-order chi connectivity index (χ1) is 6.77. The highest BCUT2D eigenvalue weighted by Crippen LogP contribution is 2.16. The average molecular weight is 193 g/mol. The van der Waals surface area contributed by atoms with Gasteiger partial charge in [0.15, 0.2) is 0 Å². The normalized spacial score (nSPS) is 12.5. The molecule has 1 atom stereocenters. The van der Waals surface area contributed by atoms with Crippen molar-refractivity contribution >= 4 is 0 Å². The fraction of sp³-hybridized carbons (Fsp3) is 0.500. The molecule has 0 heterocycles. The molecular formula is C12H19NO. The summed E-state index contributed by atoms with van der Waals surface area (Å²) in [5.41, 5.74) is 1.30. The van der Waals surface area contributed by atoms with Crippen LogP contribution in [-0.4, -0.2) is 13.7 Å². The maximum atomic E-state index is 5.11. The quantitative estimate of drug-likeness (QED) is 0.776. The summed E-state index contributed by atoms with van der Waals surface area (Å²) >= 11 is 0. The monoisotopic (exact) mass is 193 g/mol. The van der Waals surface area contributed by atoms with Gasteiger partial charge < -0.3 is 10.1 Å². The van der Waals surface area contributed by atoms with E-state index in [9.17, 15) is 0 Å². The summed E-state index contributed by atoms with van der Waals surface area (Å²) < 4.78 is 5.11. The third-order valence-corrected chi connectivity index (χ3v) is 2.32. The van der Waals surface area contributed by atoms with Gasteiger partial charge in [-0.2, -0.15) is 0 Å². The summed E-state index contributed by atoms with van der Waals surface area (Å²) in [5.74, 6) is 0.913.